The first-order valence-electron chi connectivity index (χ1n) is 10.5. The molecule has 5 heteroatoms. The van der Waals surface area contributed by atoms with E-state index in [9.17, 15) is 4.79 Å². The third kappa shape index (κ3) is 6.22. The molecule has 0 spiro atoms. The highest BCUT2D eigenvalue weighted by molar-refractivity contribution is 5.67. The summed E-state index contributed by atoms with van der Waals surface area (Å²) in [5.74, 6) is 0.707. The predicted molar refractivity (Wildman–Crippen MR) is 109 cm³/mol. The summed E-state index contributed by atoms with van der Waals surface area (Å²) < 4.78 is 5.60. The van der Waals surface area contributed by atoms with Crippen LogP contribution in [0.1, 0.15) is 37.7 Å². The molecular formula is C22H35N3O2. The number of rotatable bonds is 7. The molecule has 1 aromatic carbocycles. The monoisotopic (exact) mass is 373 g/mol. The van der Waals surface area contributed by atoms with Gasteiger partial charge in [-0.2, -0.15) is 0 Å². The molecule has 27 heavy (non-hydrogen) atoms. The van der Waals surface area contributed by atoms with Gasteiger partial charge in [-0.3, -0.25) is 0 Å². The van der Waals surface area contributed by atoms with Crippen molar-refractivity contribution in [1.29, 1.82) is 0 Å². The van der Waals surface area contributed by atoms with Crippen LogP contribution in [0.3, 0.4) is 0 Å². The topological polar surface area (TPSA) is 36.0 Å². The molecule has 2 saturated heterocycles. The summed E-state index contributed by atoms with van der Waals surface area (Å²) in [5.41, 5.74) is 1.03. The minimum Gasteiger partial charge on any atom is -0.445 e. The average molecular weight is 374 g/mol. The Morgan fingerprint density at radius 1 is 1.15 bits per heavy atom. The van der Waals surface area contributed by atoms with Crippen LogP contribution in [0.5, 0.6) is 0 Å². The van der Waals surface area contributed by atoms with E-state index in [1.54, 1.807) is 0 Å². The lowest BCUT2D eigenvalue weighted by atomic mass is 9.90. The first kappa shape index (κ1) is 20.2. The number of hydrogen-bond acceptors (Lipinski definition) is 4. The largest absolute Gasteiger partial charge is 0.445 e. The number of nitrogens with zero attached hydrogens (tertiary/aromatic N) is 3. The van der Waals surface area contributed by atoms with Crippen LogP contribution in [0.4, 0.5) is 4.79 Å². The number of piperidine rings is 1. The normalized spacial score (nSPS) is 20.5. The molecule has 0 saturated carbocycles. The molecule has 0 aromatic heterocycles. The highest BCUT2D eigenvalue weighted by atomic mass is 16.6. The van der Waals surface area contributed by atoms with Crippen LogP contribution in [-0.2, 0) is 11.3 Å². The second kappa shape index (κ2) is 10.1. The molecule has 1 atom stereocenters. The molecule has 1 aromatic rings. The Bertz CT molecular complexity index is 566. The molecule has 2 aliphatic heterocycles. The summed E-state index contributed by atoms with van der Waals surface area (Å²) >= 11 is 0. The minimum atomic E-state index is -0.198. The Labute approximate surface area is 164 Å². The minimum absolute atomic E-state index is 0.198. The predicted octanol–water partition coefficient (Wildman–Crippen LogP) is 3.45. The highest BCUT2D eigenvalue weighted by Crippen LogP contribution is 2.24. The van der Waals surface area contributed by atoms with Crippen molar-refractivity contribution in [3.05, 3.63) is 35.9 Å². The van der Waals surface area contributed by atoms with E-state index >= 15 is 0 Å². The molecule has 3 rings (SSSR count). The van der Waals surface area contributed by atoms with Crippen LogP contribution in [0.25, 0.3) is 0 Å². The van der Waals surface area contributed by atoms with Gasteiger partial charge in [-0.05, 0) is 76.8 Å². The zero-order valence-electron chi connectivity index (χ0n) is 17.0. The number of carbonyl (C=O) groups excluding carboxylic acids is 1. The zero-order chi connectivity index (χ0) is 19.1. The Kier molecular flexibility index (Phi) is 7.53. The van der Waals surface area contributed by atoms with Crippen LogP contribution in [0, 0.1) is 5.92 Å². The number of ether oxygens (including phenoxy) is 1. The second-order valence-corrected chi connectivity index (χ2v) is 8.29. The van der Waals surface area contributed by atoms with Gasteiger partial charge in [-0.1, -0.05) is 30.3 Å². The fourth-order valence-electron chi connectivity index (χ4n) is 4.27. The molecule has 2 aliphatic rings. The fourth-order valence-corrected chi connectivity index (χ4v) is 4.27. The molecule has 1 amide bonds. The van der Waals surface area contributed by atoms with Crippen molar-refractivity contribution in [2.75, 3.05) is 46.8 Å². The Morgan fingerprint density at radius 2 is 1.81 bits per heavy atom. The molecule has 5 nitrogen and oxygen atoms in total. The average Bonchev–Trinajstić information content (AvgIpc) is 3.20. The van der Waals surface area contributed by atoms with Crippen molar-refractivity contribution in [2.45, 2.75) is 44.8 Å². The van der Waals surface area contributed by atoms with E-state index in [0.717, 1.165) is 31.6 Å². The molecule has 0 bridgehead atoms. The Balaban J connectivity index is 1.56. The third-order valence-electron chi connectivity index (χ3n) is 6.15. The lowest BCUT2D eigenvalue weighted by molar-refractivity contribution is 0.0732. The highest BCUT2D eigenvalue weighted by Gasteiger charge is 2.29. The molecular weight excluding hydrogens is 338 g/mol. The van der Waals surface area contributed by atoms with E-state index in [-0.39, 0.29) is 12.1 Å². The van der Waals surface area contributed by atoms with E-state index in [0.29, 0.717) is 12.5 Å². The van der Waals surface area contributed by atoms with Gasteiger partial charge in [0.15, 0.2) is 0 Å². The summed E-state index contributed by atoms with van der Waals surface area (Å²) in [6.07, 6.45) is 5.92. The number of carbonyl (C=O) groups is 1. The summed E-state index contributed by atoms with van der Waals surface area (Å²) in [4.78, 5) is 19.5. The van der Waals surface area contributed by atoms with E-state index in [1.807, 2.05) is 42.3 Å². The van der Waals surface area contributed by atoms with E-state index in [2.05, 4.69) is 16.8 Å². The lowest BCUT2D eigenvalue weighted by Crippen LogP contribution is -2.46. The lowest BCUT2D eigenvalue weighted by Gasteiger charge is -2.36. The standard InChI is InChI=1S/C22H35N3O2/c1-23-14-10-19(11-15-23)16-21(17-25-12-6-7-13-25)24(2)22(26)27-18-20-8-4-3-5-9-20/h3-5,8-9,19,21H,6-7,10-18H2,1-2H3. The van der Waals surface area contributed by atoms with E-state index < -0.39 is 0 Å². The van der Waals surface area contributed by atoms with Crippen LogP contribution >= 0.6 is 0 Å². The molecule has 0 radical (unpaired) electrons. The maximum absolute atomic E-state index is 12.7. The first-order chi connectivity index (χ1) is 13.1. The Hall–Kier alpha value is -1.59. The van der Waals surface area contributed by atoms with Gasteiger partial charge in [0.2, 0.25) is 0 Å². The molecule has 0 aliphatic carbocycles. The summed E-state index contributed by atoms with van der Waals surface area (Å²) in [7, 11) is 4.12. The van der Waals surface area contributed by atoms with Gasteiger partial charge in [0.05, 0.1) is 0 Å². The maximum Gasteiger partial charge on any atom is 0.410 e. The van der Waals surface area contributed by atoms with Crippen molar-refractivity contribution in [3.63, 3.8) is 0 Å². The van der Waals surface area contributed by atoms with Gasteiger partial charge < -0.3 is 19.4 Å². The number of amides is 1. The van der Waals surface area contributed by atoms with Gasteiger partial charge >= 0.3 is 6.09 Å². The number of likely N-dealkylation sites (N-methyl/N-ethyl adjacent to an activating group) is 1. The van der Waals surface area contributed by atoms with Crippen molar-refractivity contribution in [2.24, 2.45) is 5.92 Å². The van der Waals surface area contributed by atoms with Gasteiger partial charge in [-0.25, -0.2) is 4.79 Å². The second-order valence-electron chi connectivity index (χ2n) is 8.29. The smallest absolute Gasteiger partial charge is 0.410 e. The Morgan fingerprint density at radius 3 is 2.48 bits per heavy atom. The number of likely N-dealkylation sites (tertiary alicyclic amines) is 2. The summed E-state index contributed by atoms with van der Waals surface area (Å²) in [6.45, 7) is 5.98. The van der Waals surface area contributed by atoms with Crippen molar-refractivity contribution in [1.82, 2.24) is 14.7 Å². The molecule has 1 unspecified atom stereocenters. The molecule has 150 valence electrons. The maximum atomic E-state index is 12.7. The third-order valence-corrected chi connectivity index (χ3v) is 6.15. The van der Waals surface area contributed by atoms with Crippen LogP contribution in [0.2, 0.25) is 0 Å². The van der Waals surface area contributed by atoms with Gasteiger partial charge in [0.25, 0.3) is 0 Å². The summed E-state index contributed by atoms with van der Waals surface area (Å²) in [6, 6.07) is 10.2. The van der Waals surface area contributed by atoms with Crippen molar-refractivity contribution >= 4 is 6.09 Å². The van der Waals surface area contributed by atoms with Crippen LogP contribution in [-0.4, -0.2) is 73.7 Å². The first-order valence-corrected chi connectivity index (χ1v) is 10.5. The van der Waals surface area contributed by atoms with Crippen molar-refractivity contribution < 1.29 is 9.53 Å². The van der Waals surface area contributed by atoms with Crippen molar-refractivity contribution in [3.8, 4) is 0 Å². The molecule has 2 heterocycles. The number of hydrogen-bond donors (Lipinski definition) is 0. The van der Waals surface area contributed by atoms with E-state index in [4.69, 9.17) is 4.74 Å². The van der Waals surface area contributed by atoms with Crippen LogP contribution in [0.15, 0.2) is 30.3 Å². The fraction of sp³-hybridized carbons (Fsp3) is 0.682. The van der Waals surface area contributed by atoms with Gasteiger partial charge in [0.1, 0.15) is 6.61 Å². The number of benzene rings is 1. The van der Waals surface area contributed by atoms with Gasteiger partial charge in [-0.15, -0.1) is 0 Å². The van der Waals surface area contributed by atoms with E-state index in [1.165, 1.54) is 38.8 Å². The molecule has 2 fully saturated rings. The van der Waals surface area contributed by atoms with Crippen LogP contribution < -0.4 is 0 Å². The quantitative estimate of drug-likeness (QED) is 0.733. The SMILES string of the molecule is CN1CCC(CC(CN2CCCC2)N(C)C(=O)OCc2ccccc2)CC1. The zero-order valence-corrected chi connectivity index (χ0v) is 17.0. The van der Waals surface area contributed by atoms with Gasteiger partial charge in [0, 0.05) is 19.6 Å². The summed E-state index contributed by atoms with van der Waals surface area (Å²) in [5, 5.41) is 0. The molecule has 0 N–H and O–H groups in total.